The molecule has 18 heavy (non-hydrogen) atoms. The number of aliphatic hydroxyl groups is 1. The molecule has 0 aliphatic rings. The van der Waals surface area contributed by atoms with E-state index in [2.05, 4.69) is 10.2 Å². The zero-order valence-corrected chi connectivity index (χ0v) is 9.27. The molecule has 1 aromatic carbocycles. The Balaban J connectivity index is 3.10. The van der Waals surface area contributed by atoms with Gasteiger partial charge in [0.25, 0.3) is 0 Å². The Morgan fingerprint density at radius 1 is 1.22 bits per heavy atom. The van der Waals surface area contributed by atoms with Gasteiger partial charge in [-0.2, -0.15) is 18.3 Å². The standard InChI is InChI=1S/C11H9F3N2O2/c1-7(17)9(10(18)11(12,13)14)16-15-8-5-3-2-4-6-8/h2-6,18H,1H3. The van der Waals surface area contributed by atoms with Crippen LogP contribution in [0.25, 0.3) is 0 Å². The third-order valence-corrected chi connectivity index (χ3v) is 1.85. The van der Waals surface area contributed by atoms with Crippen molar-refractivity contribution in [2.24, 2.45) is 10.2 Å². The minimum absolute atomic E-state index is 0.270. The van der Waals surface area contributed by atoms with Crippen molar-refractivity contribution in [2.45, 2.75) is 13.1 Å². The number of azo groups is 1. The van der Waals surface area contributed by atoms with Crippen molar-refractivity contribution in [3.05, 3.63) is 41.8 Å². The number of aliphatic hydroxyl groups excluding tert-OH is 1. The molecule has 0 heterocycles. The van der Waals surface area contributed by atoms with Crippen LogP contribution in [-0.4, -0.2) is 17.1 Å². The summed E-state index contributed by atoms with van der Waals surface area (Å²) in [7, 11) is 0. The van der Waals surface area contributed by atoms with Crippen LogP contribution in [0, 0.1) is 0 Å². The molecule has 0 unspecified atom stereocenters. The van der Waals surface area contributed by atoms with E-state index in [9.17, 15) is 18.0 Å². The van der Waals surface area contributed by atoms with Crippen LogP contribution in [0.15, 0.2) is 52.0 Å². The number of halogens is 3. The summed E-state index contributed by atoms with van der Waals surface area (Å²) in [4.78, 5) is 11.0. The van der Waals surface area contributed by atoms with Crippen molar-refractivity contribution < 1.29 is 23.1 Å². The highest BCUT2D eigenvalue weighted by atomic mass is 19.4. The molecule has 1 aromatic rings. The van der Waals surface area contributed by atoms with Crippen LogP contribution in [0.1, 0.15) is 6.92 Å². The zero-order chi connectivity index (χ0) is 13.8. The molecule has 96 valence electrons. The van der Waals surface area contributed by atoms with Gasteiger partial charge in [0.2, 0.25) is 5.76 Å². The first-order chi connectivity index (χ1) is 8.32. The Kier molecular flexibility index (Phi) is 4.19. The van der Waals surface area contributed by atoms with Crippen molar-refractivity contribution in [1.82, 2.24) is 0 Å². The number of benzene rings is 1. The summed E-state index contributed by atoms with van der Waals surface area (Å²) < 4.78 is 36.7. The van der Waals surface area contributed by atoms with Gasteiger partial charge in [-0.3, -0.25) is 4.79 Å². The molecule has 0 amide bonds. The average molecular weight is 258 g/mol. The maximum atomic E-state index is 12.2. The van der Waals surface area contributed by atoms with Gasteiger partial charge in [-0.15, -0.1) is 5.11 Å². The molecule has 0 aliphatic carbocycles. The number of carbonyl (C=O) groups is 1. The van der Waals surface area contributed by atoms with E-state index in [0.29, 0.717) is 0 Å². The summed E-state index contributed by atoms with van der Waals surface area (Å²) in [6, 6.07) is 7.88. The van der Waals surface area contributed by atoms with Crippen molar-refractivity contribution >= 4 is 11.5 Å². The molecular formula is C11H9F3N2O2. The molecule has 1 N–H and O–H groups in total. The first-order valence-electron chi connectivity index (χ1n) is 4.80. The summed E-state index contributed by atoms with van der Waals surface area (Å²) in [5.41, 5.74) is -0.849. The lowest BCUT2D eigenvalue weighted by atomic mass is 10.3. The zero-order valence-electron chi connectivity index (χ0n) is 9.27. The lowest BCUT2D eigenvalue weighted by molar-refractivity contribution is -0.126. The summed E-state index contributed by atoms with van der Waals surface area (Å²) in [5.74, 6) is -3.07. The Labute approximate surface area is 100 Å². The van der Waals surface area contributed by atoms with Crippen LogP contribution in [-0.2, 0) is 4.79 Å². The van der Waals surface area contributed by atoms with Crippen LogP contribution >= 0.6 is 0 Å². The van der Waals surface area contributed by atoms with Crippen molar-refractivity contribution in [3.8, 4) is 0 Å². The van der Waals surface area contributed by atoms with Crippen LogP contribution in [0.4, 0.5) is 18.9 Å². The molecule has 0 radical (unpaired) electrons. The highest BCUT2D eigenvalue weighted by Crippen LogP contribution is 2.27. The number of alkyl halides is 3. The van der Waals surface area contributed by atoms with Gasteiger partial charge in [0.15, 0.2) is 11.5 Å². The number of rotatable bonds is 3. The SMILES string of the molecule is CC(=O)C(N=Nc1ccccc1)=C(O)C(F)(F)F. The van der Waals surface area contributed by atoms with Crippen LogP contribution in [0.2, 0.25) is 0 Å². The first-order valence-corrected chi connectivity index (χ1v) is 4.80. The smallest absolute Gasteiger partial charge is 0.451 e. The van der Waals surface area contributed by atoms with Gasteiger partial charge in [0.1, 0.15) is 0 Å². The van der Waals surface area contributed by atoms with Crippen LogP contribution in [0.3, 0.4) is 0 Å². The van der Waals surface area contributed by atoms with Gasteiger partial charge >= 0.3 is 6.18 Å². The third-order valence-electron chi connectivity index (χ3n) is 1.85. The van der Waals surface area contributed by atoms with E-state index < -0.39 is 23.4 Å². The largest absolute Gasteiger partial charge is 0.503 e. The van der Waals surface area contributed by atoms with E-state index in [1.54, 1.807) is 18.2 Å². The molecule has 0 aromatic heterocycles. The molecule has 0 spiro atoms. The predicted octanol–water partition coefficient (Wildman–Crippen LogP) is 3.69. The molecule has 0 aliphatic heterocycles. The van der Waals surface area contributed by atoms with Gasteiger partial charge < -0.3 is 5.11 Å². The maximum absolute atomic E-state index is 12.2. The average Bonchev–Trinajstić information content (AvgIpc) is 2.28. The van der Waals surface area contributed by atoms with Crippen molar-refractivity contribution in [2.75, 3.05) is 0 Å². The summed E-state index contributed by atoms with van der Waals surface area (Å²) in [5, 5.41) is 15.5. The normalized spacial score (nSPS) is 13.6. The molecule has 4 nitrogen and oxygen atoms in total. The monoisotopic (exact) mass is 258 g/mol. The second-order valence-electron chi connectivity index (χ2n) is 3.29. The lowest BCUT2D eigenvalue weighted by Gasteiger charge is -2.06. The first kappa shape index (κ1) is 13.9. The number of nitrogens with zero attached hydrogens (tertiary/aromatic N) is 2. The summed E-state index contributed by atoms with van der Waals surface area (Å²) >= 11 is 0. The Hall–Kier alpha value is -2.18. The van der Waals surface area contributed by atoms with Crippen molar-refractivity contribution in [3.63, 3.8) is 0 Å². The number of carbonyl (C=O) groups excluding carboxylic acids is 1. The maximum Gasteiger partial charge on any atom is 0.451 e. The van der Waals surface area contributed by atoms with Gasteiger partial charge in [-0.25, -0.2) is 0 Å². The number of hydrogen-bond acceptors (Lipinski definition) is 4. The fourth-order valence-electron chi connectivity index (χ4n) is 1.02. The van der Waals surface area contributed by atoms with Gasteiger partial charge in [0, 0.05) is 6.92 Å². The van der Waals surface area contributed by atoms with Gasteiger partial charge in [-0.05, 0) is 12.1 Å². The van der Waals surface area contributed by atoms with E-state index in [-0.39, 0.29) is 5.69 Å². The molecule has 0 fully saturated rings. The molecule has 0 bridgehead atoms. The van der Waals surface area contributed by atoms with E-state index in [0.717, 1.165) is 6.92 Å². The van der Waals surface area contributed by atoms with Crippen molar-refractivity contribution in [1.29, 1.82) is 0 Å². The summed E-state index contributed by atoms with van der Waals surface area (Å²) in [6.45, 7) is 0.862. The fraction of sp³-hybridized carbons (Fsp3) is 0.182. The minimum Gasteiger partial charge on any atom is -0.503 e. The highest BCUT2D eigenvalue weighted by molar-refractivity contribution is 5.93. The molecule has 0 saturated carbocycles. The quantitative estimate of drug-likeness (QED) is 0.510. The number of ketones is 1. The van der Waals surface area contributed by atoms with E-state index in [1.807, 2.05) is 0 Å². The molecule has 0 saturated heterocycles. The second-order valence-corrected chi connectivity index (χ2v) is 3.29. The Morgan fingerprint density at radius 2 is 1.78 bits per heavy atom. The summed E-state index contributed by atoms with van der Waals surface area (Å²) in [6.07, 6.45) is -5.03. The lowest BCUT2D eigenvalue weighted by Crippen LogP contribution is -2.16. The molecule has 0 atom stereocenters. The molecule has 1 rings (SSSR count). The van der Waals surface area contributed by atoms with Gasteiger partial charge in [0.05, 0.1) is 5.69 Å². The molecular weight excluding hydrogens is 249 g/mol. The van der Waals surface area contributed by atoms with Crippen LogP contribution < -0.4 is 0 Å². The minimum atomic E-state index is -5.03. The molecule has 7 heteroatoms. The Morgan fingerprint density at radius 3 is 2.22 bits per heavy atom. The highest BCUT2D eigenvalue weighted by Gasteiger charge is 2.38. The number of Topliss-reactive ketones (excluding diaryl/α,β-unsaturated/α-hetero) is 1. The topological polar surface area (TPSA) is 62.0 Å². The van der Waals surface area contributed by atoms with E-state index in [1.165, 1.54) is 12.1 Å². The second kappa shape index (κ2) is 5.44. The number of hydrogen-bond donors (Lipinski definition) is 1. The van der Waals surface area contributed by atoms with Gasteiger partial charge in [-0.1, -0.05) is 18.2 Å². The van der Waals surface area contributed by atoms with Crippen LogP contribution in [0.5, 0.6) is 0 Å². The third kappa shape index (κ3) is 3.69. The van der Waals surface area contributed by atoms with E-state index in [4.69, 9.17) is 5.11 Å². The predicted molar refractivity (Wildman–Crippen MR) is 57.3 cm³/mol. The van der Waals surface area contributed by atoms with E-state index >= 15 is 0 Å². The number of allylic oxidation sites excluding steroid dienone is 2. The fourth-order valence-corrected chi connectivity index (χ4v) is 1.02. The Bertz CT molecular complexity index is 493.